The van der Waals surface area contributed by atoms with Crippen molar-refractivity contribution in [3.05, 3.63) is 48.3 Å². The predicted octanol–water partition coefficient (Wildman–Crippen LogP) is 1.69. The van der Waals surface area contributed by atoms with E-state index >= 15 is 0 Å². The molecule has 0 unspecified atom stereocenters. The lowest BCUT2D eigenvalue weighted by molar-refractivity contribution is -0.123. The number of carbonyl (C=O) groups is 1. The molecular weight excluding hydrogens is 364 g/mol. The lowest BCUT2D eigenvalue weighted by atomic mass is 10.0. The molecule has 0 aliphatic carbocycles. The summed E-state index contributed by atoms with van der Waals surface area (Å²) < 4.78 is 0. The minimum Gasteiger partial charge on any atom is -0.371 e. The first-order valence-corrected chi connectivity index (χ1v) is 10.5. The van der Waals surface area contributed by atoms with Gasteiger partial charge >= 0.3 is 0 Å². The van der Waals surface area contributed by atoms with Crippen molar-refractivity contribution in [1.82, 2.24) is 20.2 Å². The van der Waals surface area contributed by atoms with E-state index in [1.807, 2.05) is 6.07 Å². The summed E-state index contributed by atoms with van der Waals surface area (Å²) in [6.45, 7) is 8.01. The molecule has 2 aliphatic heterocycles. The van der Waals surface area contributed by atoms with Gasteiger partial charge in [-0.2, -0.15) is 0 Å². The Morgan fingerprint density at radius 1 is 1.00 bits per heavy atom. The van der Waals surface area contributed by atoms with E-state index in [4.69, 9.17) is 0 Å². The first-order valence-electron chi connectivity index (χ1n) is 10.5. The average molecular weight is 395 g/mol. The normalized spacial score (nSPS) is 18.7. The van der Waals surface area contributed by atoms with Crippen molar-refractivity contribution in [3.8, 4) is 0 Å². The Hall–Kier alpha value is -2.67. The van der Waals surface area contributed by atoms with Crippen LogP contribution in [0.1, 0.15) is 18.4 Å². The van der Waals surface area contributed by atoms with Crippen LogP contribution in [0.25, 0.3) is 0 Å². The van der Waals surface area contributed by atoms with Gasteiger partial charge in [0, 0.05) is 63.4 Å². The minimum atomic E-state index is 0.142. The highest BCUT2D eigenvalue weighted by molar-refractivity contribution is 5.78. The molecule has 2 aliphatic rings. The van der Waals surface area contributed by atoms with E-state index in [1.54, 1.807) is 12.4 Å². The van der Waals surface area contributed by atoms with E-state index in [2.05, 4.69) is 61.2 Å². The molecule has 0 bridgehead atoms. The third kappa shape index (κ3) is 5.23. The summed E-state index contributed by atoms with van der Waals surface area (Å²) in [6.07, 6.45) is 5.54. The monoisotopic (exact) mass is 394 g/mol. The number of benzene rings is 1. The number of aromatic nitrogens is 2. The molecule has 1 aromatic heterocycles. The number of hydrogen-bond acceptors (Lipinski definition) is 6. The van der Waals surface area contributed by atoms with Gasteiger partial charge < -0.3 is 15.1 Å². The van der Waals surface area contributed by atoms with Crippen LogP contribution in [0, 0.1) is 6.92 Å². The summed E-state index contributed by atoms with van der Waals surface area (Å²) >= 11 is 0. The second-order valence-electron chi connectivity index (χ2n) is 7.98. The topological polar surface area (TPSA) is 64.6 Å². The zero-order valence-corrected chi connectivity index (χ0v) is 17.1. The summed E-state index contributed by atoms with van der Waals surface area (Å²) in [6, 6.07) is 10.8. The maximum atomic E-state index is 12.5. The lowest BCUT2D eigenvalue weighted by Gasteiger charge is -2.36. The van der Waals surface area contributed by atoms with Gasteiger partial charge in [-0.05, 0) is 43.5 Å². The number of nitrogens with one attached hydrogen (secondary N) is 1. The van der Waals surface area contributed by atoms with Crippen LogP contribution in [0.5, 0.6) is 0 Å². The SMILES string of the molecule is Cc1cccc(N2CCC(NC(=O)CN3CCN(c4ncccn4)CC3)CC2)c1. The van der Waals surface area contributed by atoms with Crippen LogP contribution in [0.2, 0.25) is 0 Å². The smallest absolute Gasteiger partial charge is 0.234 e. The Balaban J connectivity index is 1.18. The number of aryl methyl sites for hydroxylation is 1. The van der Waals surface area contributed by atoms with E-state index in [-0.39, 0.29) is 11.9 Å². The fourth-order valence-electron chi connectivity index (χ4n) is 4.14. The highest BCUT2D eigenvalue weighted by Gasteiger charge is 2.24. The van der Waals surface area contributed by atoms with Crippen LogP contribution < -0.4 is 15.1 Å². The number of nitrogens with zero attached hydrogens (tertiary/aromatic N) is 5. The van der Waals surface area contributed by atoms with Crippen molar-refractivity contribution in [3.63, 3.8) is 0 Å². The second-order valence-corrected chi connectivity index (χ2v) is 7.98. The van der Waals surface area contributed by atoms with E-state index in [0.29, 0.717) is 6.54 Å². The summed E-state index contributed by atoms with van der Waals surface area (Å²) in [5.41, 5.74) is 2.58. The summed E-state index contributed by atoms with van der Waals surface area (Å²) in [7, 11) is 0. The number of piperidine rings is 1. The highest BCUT2D eigenvalue weighted by atomic mass is 16.2. The van der Waals surface area contributed by atoms with Crippen molar-refractivity contribution in [1.29, 1.82) is 0 Å². The first-order chi connectivity index (χ1) is 14.2. The molecule has 7 heteroatoms. The fourth-order valence-corrected chi connectivity index (χ4v) is 4.14. The largest absolute Gasteiger partial charge is 0.371 e. The molecule has 7 nitrogen and oxygen atoms in total. The van der Waals surface area contributed by atoms with Crippen molar-refractivity contribution in [2.45, 2.75) is 25.8 Å². The predicted molar refractivity (Wildman–Crippen MR) is 115 cm³/mol. The molecule has 1 N–H and O–H groups in total. The molecule has 0 spiro atoms. The van der Waals surface area contributed by atoms with Gasteiger partial charge in [0.2, 0.25) is 11.9 Å². The molecule has 3 heterocycles. The van der Waals surface area contributed by atoms with Gasteiger partial charge in [0.05, 0.1) is 6.54 Å². The van der Waals surface area contributed by atoms with Gasteiger partial charge in [0.15, 0.2) is 0 Å². The van der Waals surface area contributed by atoms with Crippen LogP contribution in [0.15, 0.2) is 42.7 Å². The quantitative estimate of drug-likeness (QED) is 0.833. The first kappa shape index (κ1) is 19.6. The van der Waals surface area contributed by atoms with Gasteiger partial charge in [-0.1, -0.05) is 12.1 Å². The average Bonchev–Trinajstić information content (AvgIpc) is 2.75. The van der Waals surface area contributed by atoms with Crippen LogP contribution in [-0.4, -0.2) is 72.6 Å². The Morgan fingerprint density at radius 3 is 2.41 bits per heavy atom. The molecule has 2 saturated heterocycles. The van der Waals surface area contributed by atoms with Gasteiger partial charge in [-0.15, -0.1) is 0 Å². The van der Waals surface area contributed by atoms with Crippen LogP contribution in [0.3, 0.4) is 0 Å². The maximum absolute atomic E-state index is 12.5. The number of rotatable bonds is 5. The van der Waals surface area contributed by atoms with Crippen molar-refractivity contribution in [2.24, 2.45) is 0 Å². The van der Waals surface area contributed by atoms with E-state index in [1.165, 1.54) is 11.3 Å². The van der Waals surface area contributed by atoms with Crippen molar-refractivity contribution < 1.29 is 4.79 Å². The minimum absolute atomic E-state index is 0.142. The van der Waals surface area contributed by atoms with Crippen LogP contribution in [0.4, 0.5) is 11.6 Å². The molecule has 1 aromatic carbocycles. The van der Waals surface area contributed by atoms with Crippen molar-refractivity contribution in [2.75, 3.05) is 55.6 Å². The van der Waals surface area contributed by atoms with Gasteiger partial charge in [-0.25, -0.2) is 9.97 Å². The molecular formula is C22H30N6O. The molecule has 154 valence electrons. The Bertz CT molecular complexity index is 798. The van der Waals surface area contributed by atoms with Gasteiger partial charge in [-0.3, -0.25) is 9.69 Å². The molecule has 29 heavy (non-hydrogen) atoms. The second kappa shape index (κ2) is 9.22. The highest BCUT2D eigenvalue weighted by Crippen LogP contribution is 2.21. The molecule has 2 fully saturated rings. The molecule has 4 rings (SSSR count). The Kier molecular flexibility index (Phi) is 6.24. The molecule has 0 radical (unpaired) electrons. The summed E-state index contributed by atoms with van der Waals surface area (Å²) in [4.78, 5) is 28.0. The van der Waals surface area contributed by atoms with Crippen LogP contribution >= 0.6 is 0 Å². The zero-order valence-electron chi connectivity index (χ0n) is 17.1. The third-order valence-corrected chi connectivity index (χ3v) is 5.80. The summed E-state index contributed by atoms with van der Waals surface area (Å²) in [5, 5.41) is 3.25. The number of carbonyl (C=O) groups excluding carboxylic acids is 1. The third-order valence-electron chi connectivity index (χ3n) is 5.80. The van der Waals surface area contributed by atoms with Gasteiger partial charge in [0.25, 0.3) is 0 Å². The van der Waals surface area contributed by atoms with E-state index in [9.17, 15) is 4.79 Å². The number of piperazine rings is 1. The molecule has 0 atom stereocenters. The number of amides is 1. The fraction of sp³-hybridized carbons (Fsp3) is 0.500. The molecule has 0 saturated carbocycles. The maximum Gasteiger partial charge on any atom is 0.234 e. The Labute approximate surface area is 172 Å². The van der Waals surface area contributed by atoms with Gasteiger partial charge in [0.1, 0.15) is 0 Å². The standard InChI is InChI=1S/C22H30N6O/c1-18-4-2-5-20(16-18)27-10-6-19(7-11-27)25-21(29)17-26-12-14-28(15-13-26)22-23-8-3-9-24-22/h2-5,8-9,16,19H,6-7,10-15,17H2,1H3,(H,25,29). The lowest BCUT2D eigenvalue weighted by Crippen LogP contribution is -2.52. The molecule has 2 aromatic rings. The van der Waals surface area contributed by atoms with Crippen molar-refractivity contribution >= 4 is 17.5 Å². The van der Waals surface area contributed by atoms with Crippen LogP contribution in [-0.2, 0) is 4.79 Å². The summed E-state index contributed by atoms with van der Waals surface area (Å²) in [5.74, 6) is 0.917. The van der Waals surface area contributed by atoms with E-state index in [0.717, 1.165) is 58.1 Å². The number of anilines is 2. The number of hydrogen-bond donors (Lipinski definition) is 1. The molecule has 1 amide bonds. The Morgan fingerprint density at radius 2 is 1.72 bits per heavy atom. The zero-order chi connectivity index (χ0) is 20.1. The van der Waals surface area contributed by atoms with E-state index < -0.39 is 0 Å².